The summed E-state index contributed by atoms with van der Waals surface area (Å²) in [6.07, 6.45) is 4.36. The Balaban J connectivity index is 1.56. The molecule has 1 fully saturated rings. The Morgan fingerprint density at radius 2 is 1.80 bits per heavy atom. The minimum atomic E-state index is -3.52. The fourth-order valence-corrected chi connectivity index (χ4v) is 4.95. The quantitative estimate of drug-likeness (QED) is 0.492. The monoisotopic (exact) mass is 431 g/mol. The van der Waals surface area contributed by atoms with Crippen molar-refractivity contribution >= 4 is 21.6 Å². The van der Waals surface area contributed by atoms with E-state index in [0.29, 0.717) is 18.5 Å². The van der Waals surface area contributed by atoms with E-state index in [-0.39, 0.29) is 28.1 Å². The van der Waals surface area contributed by atoms with Crippen LogP contribution < -0.4 is 10.0 Å². The van der Waals surface area contributed by atoms with Gasteiger partial charge in [-0.3, -0.25) is 14.9 Å². The van der Waals surface area contributed by atoms with E-state index in [4.69, 9.17) is 0 Å². The lowest BCUT2D eigenvalue weighted by molar-refractivity contribution is -0.385. The topological polar surface area (TPSA) is 118 Å². The third-order valence-corrected chi connectivity index (χ3v) is 6.89. The summed E-state index contributed by atoms with van der Waals surface area (Å²) in [4.78, 5) is 23.1. The molecule has 0 radical (unpaired) electrons. The molecule has 0 bridgehead atoms. The largest absolute Gasteiger partial charge is 0.352 e. The molecule has 0 atom stereocenters. The van der Waals surface area contributed by atoms with E-state index in [1.54, 1.807) is 37.3 Å². The van der Waals surface area contributed by atoms with Crippen molar-refractivity contribution in [2.75, 3.05) is 6.54 Å². The highest BCUT2D eigenvalue weighted by molar-refractivity contribution is 7.89. The Bertz CT molecular complexity index is 1030. The van der Waals surface area contributed by atoms with Crippen LogP contribution in [0.3, 0.4) is 0 Å². The van der Waals surface area contributed by atoms with E-state index in [2.05, 4.69) is 10.0 Å². The van der Waals surface area contributed by atoms with Crippen molar-refractivity contribution in [1.82, 2.24) is 10.0 Å². The first-order chi connectivity index (χ1) is 14.3. The molecule has 0 aliphatic heterocycles. The van der Waals surface area contributed by atoms with Crippen LogP contribution in [0, 0.1) is 17.0 Å². The Morgan fingerprint density at radius 3 is 2.43 bits per heavy atom. The molecule has 0 heterocycles. The number of nitro groups is 1. The first-order valence-electron chi connectivity index (χ1n) is 9.91. The molecule has 0 unspecified atom stereocenters. The fourth-order valence-electron chi connectivity index (χ4n) is 3.65. The Labute approximate surface area is 175 Å². The van der Waals surface area contributed by atoms with Crippen LogP contribution in [-0.2, 0) is 16.4 Å². The summed E-state index contributed by atoms with van der Waals surface area (Å²) in [5, 5.41) is 13.8. The molecule has 0 aromatic heterocycles. The van der Waals surface area contributed by atoms with E-state index < -0.39 is 14.9 Å². The van der Waals surface area contributed by atoms with E-state index in [0.717, 1.165) is 31.2 Å². The molecule has 2 N–H and O–H groups in total. The molecule has 3 rings (SSSR count). The van der Waals surface area contributed by atoms with E-state index in [1.807, 2.05) is 0 Å². The molecule has 30 heavy (non-hydrogen) atoms. The maximum absolute atomic E-state index is 12.5. The summed E-state index contributed by atoms with van der Waals surface area (Å²) < 4.78 is 27.7. The minimum Gasteiger partial charge on any atom is -0.352 e. The number of rotatable bonds is 8. The number of nitro benzene ring substituents is 1. The average Bonchev–Trinajstić information content (AvgIpc) is 3.20. The van der Waals surface area contributed by atoms with Gasteiger partial charge >= 0.3 is 0 Å². The molecular formula is C21H25N3O5S. The minimum absolute atomic E-state index is 0.0159. The van der Waals surface area contributed by atoms with Crippen LogP contribution in [0.25, 0.3) is 0 Å². The molecule has 1 saturated carbocycles. The van der Waals surface area contributed by atoms with Gasteiger partial charge in [-0.05, 0) is 49.9 Å². The third kappa shape index (κ3) is 5.22. The van der Waals surface area contributed by atoms with Crippen molar-refractivity contribution in [3.8, 4) is 0 Å². The summed E-state index contributed by atoms with van der Waals surface area (Å²) in [5.74, 6) is -0.379. The Hall–Kier alpha value is -2.78. The fraction of sp³-hybridized carbons (Fsp3) is 0.381. The lowest BCUT2D eigenvalue weighted by Gasteiger charge is -2.13. The van der Waals surface area contributed by atoms with Gasteiger partial charge in [0.2, 0.25) is 10.0 Å². The predicted molar refractivity (Wildman–Crippen MR) is 113 cm³/mol. The second-order valence-corrected chi connectivity index (χ2v) is 9.17. The second kappa shape index (κ2) is 9.36. The van der Waals surface area contributed by atoms with Gasteiger partial charge in [0.1, 0.15) is 0 Å². The normalized spacial score (nSPS) is 14.6. The average molecular weight is 432 g/mol. The van der Waals surface area contributed by atoms with Crippen LogP contribution >= 0.6 is 0 Å². The highest BCUT2D eigenvalue weighted by Gasteiger charge is 2.22. The maximum Gasteiger partial charge on any atom is 0.273 e. The van der Waals surface area contributed by atoms with Crippen molar-refractivity contribution in [2.24, 2.45) is 0 Å². The highest BCUT2D eigenvalue weighted by Crippen LogP contribution is 2.22. The first-order valence-corrected chi connectivity index (χ1v) is 11.4. The zero-order valence-corrected chi connectivity index (χ0v) is 17.6. The number of sulfonamides is 1. The SMILES string of the molecule is Cc1c(C(=O)NCCc2ccc(S(=O)(=O)NC3CCCC3)cc2)cccc1[N+](=O)[O-]. The molecule has 0 saturated heterocycles. The molecule has 1 amide bonds. The number of nitrogens with one attached hydrogen (secondary N) is 2. The van der Waals surface area contributed by atoms with Crippen LogP contribution in [0.4, 0.5) is 5.69 Å². The molecule has 8 nitrogen and oxygen atoms in total. The van der Waals surface area contributed by atoms with E-state index in [1.165, 1.54) is 12.1 Å². The van der Waals surface area contributed by atoms with Crippen LogP contribution in [0.1, 0.15) is 47.2 Å². The highest BCUT2D eigenvalue weighted by atomic mass is 32.2. The summed E-state index contributed by atoms with van der Waals surface area (Å²) in [6, 6.07) is 11.0. The molecular weight excluding hydrogens is 406 g/mol. The van der Waals surface area contributed by atoms with Crippen molar-refractivity contribution in [3.05, 3.63) is 69.3 Å². The van der Waals surface area contributed by atoms with Gasteiger partial charge in [0.25, 0.3) is 11.6 Å². The van der Waals surface area contributed by atoms with Crippen LogP contribution in [0.2, 0.25) is 0 Å². The summed E-state index contributed by atoms with van der Waals surface area (Å²) in [6.45, 7) is 1.87. The molecule has 2 aromatic rings. The lowest BCUT2D eigenvalue weighted by Crippen LogP contribution is -2.32. The zero-order chi connectivity index (χ0) is 21.7. The zero-order valence-electron chi connectivity index (χ0n) is 16.8. The number of nitrogens with zero attached hydrogens (tertiary/aromatic N) is 1. The standard InChI is InChI=1S/C21H25N3O5S/c1-15-19(7-4-8-20(15)24(26)27)21(25)22-14-13-16-9-11-18(12-10-16)30(28,29)23-17-5-2-3-6-17/h4,7-12,17,23H,2-3,5-6,13-14H2,1H3,(H,22,25). The van der Waals surface area contributed by atoms with Gasteiger partial charge in [-0.2, -0.15) is 0 Å². The van der Waals surface area contributed by atoms with Crippen molar-refractivity contribution < 1.29 is 18.1 Å². The number of hydrogen-bond acceptors (Lipinski definition) is 5. The van der Waals surface area contributed by atoms with Gasteiger partial charge in [0.15, 0.2) is 0 Å². The number of benzene rings is 2. The molecule has 160 valence electrons. The molecule has 9 heteroatoms. The summed E-state index contributed by atoms with van der Waals surface area (Å²) in [7, 11) is -3.52. The third-order valence-electron chi connectivity index (χ3n) is 5.36. The number of carbonyl (C=O) groups is 1. The molecule has 1 aliphatic rings. The van der Waals surface area contributed by atoms with Gasteiger partial charge in [0, 0.05) is 29.8 Å². The van der Waals surface area contributed by atoms with E-state index in [9.17, 15) is 23.3 Å². The van der Waals surface area contributed by atoms with Gasteiger partial charge in [-0.1, -0.05) is 31.0 Å². The molecule has 2 aromatic carbocycles. The second-order valence-electron chi connectivity index (χ2n) is 7.46. The number of carbonyl (C=O) groups excluding carboxylic acids is 1. The van der Waals surface area contributed by atoms with E-state index >= 15 is 0 Å². The van der Waals surface area contributed by atoms with Crippen LogP contribution in [-0.4, -0.2) is 31.8 Å². The summed E-state index contributed by atoms with van der Waals surface area (Å²) in [5.41, 5.74) is 1.38. The predicted octanol–water partition coefficient (Wildman–Crippen LogP) is 3.10. The van der Waals surface area contributed by atoms with Crippen molar-refractivity contribution in [3.63, 3.8) is 0 Å². The molecule has 1 aliphatic carbocycles. The smallest absolute Gasteiger partial charge is 0.273 e. The van der Waals surface area contributed by atoms with Gasteiger partial charge < -0.3 is 5.32 Å². The first kappa shape index (κ1) is 21.9. The number of hydrogen-bond donors (Lipinski definition) is 2. The van der Waals surface area contributed by atoms with Crippen LogP contribution in [0.15, 0.2) is 47.4 Å². The van der Waals surface area contributed by atoms with Gasteiger partial charge in [0.05, 0.1) is 9.82 Å². The number of amides is 1. The van der Waals surface area contributed by atoms with Crippen LogP contribution in [0.5, 0.6) is 0 Å². The summed E-state index contributed by atoms with van der Waals surface area (Å²) >= 11 is 0. The van der Waals surface area contributed by atoms with Crippen molar-refractivity contribution in [2.45, 2.75) is 50.0 Å². The Morgan fingerprint density at radius 1 is 1.13 bits per heavy atom. The lowest BCUT2D eigenvalue weighted by atomic mass is 10.1. The molecule has 0 spiro atoms. The van der Waals surface area contributed by atoms with Gasteiger partial charge in [-0.25, -0.2) is 13.1 Å². The Kier molecular flexibility index (Phi) is 6.84. The van der Waals surface area contributed by atoms with Gasteiger partial charge in [-0.15, -0.1) is 0 Å². The maximum atomic E-state index is 12.5. The van der Waals surface area contributed by atoms with Crippen molar-refractivity contribution in [1.29, 1.82) is 0 Å².